The third-order valence-electron chi connectivity index (χ3n) is 3.01. The lowest BCUT2D eigenvalue weighted by molar-refractivity contribution is 0.608. The van der Waals surface area contributed by atoms with Crippen molar-refractivity contribution in [2.24, 2.45) is 0 Å². The molecule has 2 aromatic rings. The normalized spacial score (nSPS) is 11.1. The molecule has 1 aromatic carbocycles. The fraction of sp³-hybridized carbons (Fsp3) is 0.400. The fourth-order valence-corrected chi connectivity index (χ4v) is 2.71. The molecule has 0 spiro atoms. The molecule has 0 amide bonds. The lowest BCUT2D eigenvalue weighted by atomic mass is 10.0. The van der Waals surface area contributed by atoms with Crippen LogP contribution in [0.15, 0.2) is 41.4 Å². The van der Waals surface area contributed by atoms with Gasteiger partial charge in [-0.25, -0.2) is 0 Å². The van der Waals surface area contributed by atoms with Gasteiger partial charge in [-0.05, 0) is 41.9 Å². The van der Waals surface area contributed by atoms with Crippen molar-refractivity contribution < 1.29 is 0 Å². The quantitative estimate of drug-likeness (QED) is 0.644. The van der Waals surface area contributed by atoms with Crippen molar-refractivity contribution in [2.45, 2.75) is 37.6 Å². The van der Waals surface area contributed by atoms with E-state index in [1.54, 1.807) is 0 Å². The summed E-state index contributed by atoms with van der Waals surface area (Å²) in [4.78, 5) is 1.34. The molecule has 2 rings (SSSR count). The van der Waals surface area contributed by atoms with E-state index in [9.17, 15) is 0 Å². The second-order valence-corrected chi connectivity index (χ2v) is 6.10. The number of hydrogen-bond donors (Lipinski definition) is 1. The Morgan fingerprint density at radius 2 is 1.95 bits per heavy atom. The molecule has 0 fully saturated rings. The van der Waals surface area contributed by atoms with Gasteiger partial charge in [-0.15, -0.1) is 11.8 Å². The molecule has 102 valence electrons. The van der Waals surface area contributed by atoms with Gasteiger partial charge in [0, 0.05) is 17.6 Å². The predicted molar refractivity (Wildman–Crippen MR) is 82.5 cm³/mol. The van der Waals surface area contributed by atoms with Crippen molar-refractivity contribution in [3.05, 3.63) is 42.1 Å². The van der Waals surface area contributed by atoms with E-state index in [0.29, 0.717) is 11.7 Å². The molecule has 19 heavy (non-hydrogen) atoms. The van der Waals surface area contributed by atoms with Gasteiger partial charge in [-0.3, -0.25) is 4.68 Å². The highest BCUT2D eigenvalue weighted by molar-refractivity contribution is 7.99. The van der Waals surface area contributed by atoms with Crippen LogP contribution in [0.1, 0.15) is 31.7 Å². The highest BCUT2D eigenvalue weighted by atomic mass is 32.2. The summed E-state index contributed by atoms with van der Waals surface area (Å²) >= 11 is 1.89. The van der Waals surface area contributed by atoms with Crippen LogP contribution >= 0.6 is 11.8 Å². The van der Waals surface area contributed by atoms with E-state index in [1.807, 2.05) is 28.7 Å². The number of aromatic nitrogens is 2. The SMILES string of the molecule is CC(C)c1ccc(SCCCn2ccc(N)n2)cc1. The Morgan fingerprint density at radius 3 is 2.53 bits per heavy atom. The maximum Gasteiger partial charge on any atom is 0.145 e. The molecule has 0 bridgehead atoms. The van der Waals surface area contributed by atoms with Gasteiger partial charge in [0.2, 0.25) is 0 Å². The van der Waals surface area contributed by atoms with E-state index in [4.69, 9.17) is 5.73 Å². The number of nitrogens with two attached hydrogens (primary N) is 1. The molecule has 1 heterocycles. The van der Waals surface area contributed by atoms with Crippen molar-refractivity contribution in [3.63, 3.8) is 0 Å². The van der Waals surface area contributed by atoms with Gasteiger partial charge < -0.3 is 5.73 Å². The van der Waals surface area contributed by atoms with E-state index >= 15 is 0 Å². The van der Waals surface area contributed by atoms with Gasteiger partial charge in [0.1, 0.15) is 5.82 Å². The van der Waals surface area contributed by atoms with Gasteiger partial charge in [0.05, 0.1) is 0 Å². The van der Waals surface area contributed by atoms with E-state index in [2.05, 4.69) is 43.2 Å². The number of rotatable bonds is 6. The van der Waals surface area contributed by atoms with Crippen LogP contribution in [0.25, 0.3) is 0 Å². The first-order chi connectivity index (χ1) is 9.15. The number of thioether (sulfide) groups is 1. The number of aryl methyl sites for hydroxylation is 1. The zero-order valence-electron chi connectivity index (χ0n) is 11.5. The second-order valence-electron chi connectivity index (χ2n) is 4.93. The molecule has 1 aromatic heterocycles. The molecule has 4 heteroatoms. The van der Waals surface area contributed by atoms with Crippen LogP contribution in [0, 0.1) is 0 Å². The number of hydrogen-bond acceptors (Lipinski definition) is 3. The van der Waals surface area contributed by atoms with Crippen LogP contribution in [0.4, 0.5) is 5.82 Å². The van der Waals surface area contributed by atoms with Crippen molar-refractivity contribution >= 4 is 17.6 Å². The molecule has 0 aliphatic rings. The number of nitrogen functional groups attached to an aromatic ring is 1. The van der Waals surface area contributed by atoms with Crippen molar-refractivity contribution in [2.75, 3.05) is 11.5 Å². The number of nitrogens with zero attached hydrogens (tertiary/aromatic N) is 2. The molecule has 3 nitrogen and oxygen atoms in total. The summed E-state index contributed by atoms with van der Waals surface area (Å²) in [7, 11) is 0. The average molecular weight is 275 g/mol. The fourth-order valence-electron chi connectivity index (χ4n) is 1.87. The Balaban J connectivity index is 1.73. The minimum atomic E-state index is 0.594. The van der Waals surface area contributed by atoms with E-state index in [-0.39, 0.29) is 0 Å². The molecular formula is C15H21N3S. The summed E-state index contributed by atoms with van der Waals surface area (Å²) in [5, 5.41) is 4.17. The minimum absolute atomic E-state index is 0.594. The zero-order valence-corrected chi connectivity index (χ0v) is 12.4. The molecule has 0 saturated carbocycles. The van der Waals surface area contributed by atoms with Gasteiger partial charge >= 0.3 is 0 Å². The van der Waals surface area contributed by atoms with Crippen molar-refractivity contribution in [1.29, 1.82) is 0 Å². The van der Waals surface area contributed by atoms with Gasteiger partial charge in [-0.1, -0.05) is 26.0 Å². The van der Waals surface area contributed by atoms with E-state index in [0.717, 1.165) is 18.7 Å². The third kappa shape index (κ3) is 4.31. The summed E-state index contributed by atoms with van der Waals surface area (Å²) in [5.74, 6) is 2.29. The van der Waals surface area contributed by atoms with Crippen LogP contribution in [0.2, 0.25) is 0 Å². The standard InChI is InChI=1S/C15H21N3S/c1-12(2)13-4-6-14(7-5-13)19-11-3-9-18-10-8-15(16)17-18/h4-8,10,12H,3,9,11H2,1-2H3,(H2,16,17). The number of benzene rings is 1. The first-order valence-electron chi connectivity index (χ1n) is 6.67. The zero-order chi connectivity index (χ0) is 13.7. The lowest BCUT2D eigenvalue weighted by Gasteiger charge is -2.06. The number of anilines is 1. The molecule has 0 saturated heterocycles. The Labute approximate surface area is 119 Å². The highest BCUT2D eigenvalue weighted by Gasteiger charge is 2.00. The van der Waals surface area contributed by atoms with Crippen LogP contribution in [0.3, 0.4) is 0 Å². The van der Waals surface area contributed by atoms with E-state index < -0.39 is 0 Å². The van der Waals surface area contributed by atoms with Crippen LogP contribution in [-0.2, 0) is 6.54 Å². The van der Waals surface area contributed by atoms with Crippen LogP contribution in [0.5, 0.6) is 0 Å². The smallest absolute Gasteiger partial charge is 0.145 e. The van der Waals surface area contributed by atoms with Gasteiger partial charge in [-0.2, -0.15) is 5.10 Å². The Bertz CT molecular complexity index is 502. The summed E-state index contributed by atoms with van der Waals surface area (Å²) in [6.07, 6.45) is 3.02. The molecule has 0 aliphatic heterocycles. The van der Waals surface area contributed by atoms with E-state index in [1.165, 1.54) is 10.5 Å². The second kappa shape index (κ2) is 6.66. The lowest BCUT2D eigenvalue weighted by Crippen LogP contribution is -2.00. The maximum absolute atomic E-state index is 5.58. The molecule has 2 N–H and O–H groups in total. The molecular weight excluding hydrogens is 254 g/mol. The molecule has 0 unspecified atom stereocenters. The van der Waals surface area contributed by atoms with Crippen LogP contribution < -0.4 is 5.73 Å². The average Bonchev–Trinajstić information content (AvgIpc) is 2.81. The Kier molecular flexibility index (Phi) is 4.91. The Hall–Kier alpha value is -1.42. The van der Waals surface area contributed by atoms with Crippen molar-refractivity contribution in [1.82, 2.24) is 9.78 Å². The highest BCUT2D eigenvalue weighted by Crippen LogP contribution is 2.22. The summed E-state index contributed by atoms with van der Waals surface area (Å²) in [6.45, 7) is 5.37. The largest absolute Gasteiger partial charge is 0.382 e. The Morgan fingerprint density at radius 1 is 1.21 bits per heavy atom. The third-order valence-corrected chi connectivity index (χ3v) is 4.11. The predicted octanol–water partition coefficient (Wildman–Crippen LogP) is 3.77. The van der Waals surface area contributed by atoms with Gasteiger partial charge in [0.15, 0.2) is 0 Å². The first-order valence-corrected chi connectivity index (χ1v) is 7.65. The molecule has 0 aliphatic carbocycles. The molecule has 0 atom stereocenters. The molecule has 0 radical (unpaired) electrons. The van der Waals surface area contributed by atoms with Gasteiger partial charge in [0.25, 0.3) is 0 Å². The maximum atomic E-state index is 5.58. The van der Waals surface area contributed by atoms with Crippen molar-refractivity contribution in [3.8, 4) is 0 Å². The summed E-state index contributed by atoms with van der Waals surface area (Å²) < 4.78 is 1.90. The summed E-state index contributed by atoms with van der Waals surface area (Å²) in [5.41, 5.74) is 6.97. The van der Waals surface area contributed by atoms with Crippen LogP contribution in [-0.4, -0.2) is 15.5 Å². The topological polar surface area (TPSA) is 43.8 Å². The monoisotopic (exact) mass is 275 g/mol. The summed E-state index contributed by atoms with van der Waals surface area (Å²) in [6, 6.07) is 10.7. The minimum Gasteiger partial charge on any atom is -0.382 e. The first kappa shape index (κ1) is 14.0.